The van der Waals surface area contributed by atoms with Crippen molar-refractivity contribution in [3.05, 3.63) is 47.8 Å². The van der Waals surface area contributed by atoms with Crippen molar-refractivity contribution in [3.8, 4) is 0 Å². The van der Waals surface area contributed by atoms with Crippen LogP contribution in [0, 0.1) is 0 Å². The molecule has 0 saturated heterocycles. The Bertz CT molecular complexity index is 747. The van der Waals surface area contributed by atoms with Crippen molar-refractivity contribution in [2.45, 2.75) is 44.6 Å². The molecular weight excluding hydrogens is 364 g/mol. The van der Waals surface area contributed by atoms with Crippen molar-refractivity contribution in [2.24, 2.45) is 0 Å². The number of hydrogen-bond donors (Lipinski definition) is 3. The molecule has 0 spiro atoms. The van der Waals surface area contributed by atoms with Crippen LogP contribution in [0.3, 0.4) is 0 Å². The van der Waals surface area contributed by atoms with Crippen molar-refractivity contribution >= 4 is 23.6 Å². The lowest BCUT2D eigenvalue weighted by Crippen LogP contribution is -2.33. The molecule has 146 valence electrons. The third-order valence-corrected chi connectivity index (χ3v) is 4.72. The van der Waals surface area contributed by atoms with Crippen LogP contribution in [0.2, 0.25) is 0 Å². The number of nitrogens with zero attached hydrogens (tertiary/aromatic N) is 2. The maximum atomic E-state index is 12.1. The average molecular weight is 391 g/mol. The zero-order chi connectivity index (χ0) is 19.6. The second-order valence-electron chi connectivity index (χ2n) is 6.37. The molecule has 1 heterocycles. The van der Waals surface area contributed by atoms with Crippen LogP contribution >= 0.6 is 11.8 Å². The molecule has 7 nitrogen and oxygen atoms in total. The van der Waals surface area contributed by atoms with Gasteiger partial charge >= 0.3 is 0 Å². The summed E-state index contributed by atoms with van der Waals surface area (Å²) in [6, 6.07) is 9.99. The fourth-order valence-electron chi connectivity index (χ4n) is 2.49. The Labute approximate surface area is 163 Å². The van der Waals surface area contributed by atoms with E-state index in [9.17, 15) is 14.7 Å². The monoisotopic (exact) mass is 390 g/mol. The molecule has 0 aliphatic carbocycles. The first kappa shape index (κ1) is 21.0. The fourth-order valence-corrected chi connectivity index (χ4v) is 3.31. The SMILES string of the molecule is CC(C)NC(=O)Cn1c(CO)cnc1SCC(=O)NCCc1ccccc1. The lowest BCUT2D eigenvalue weighted by Gasteiger charge is -2.12. The summed E-state index contributed by atoms with van der Waals surface area (Å²) in [4.78, 5) is 28.3. The maximum absolute atomic E-state index is 12.1. The molecule has 1 aromatic carbocycles. The molecule has 0 bridgehead atoms. The van der Waals surface area contributed by atoms with E-state index in [1.807, 2.05) is 44.2 Å². The molecular formula is C19H26N4O3S. The van der Waals surface area contributed by atoms with Gasteiger partial charge in [-0.1, -0.05) is 42.1 Å². The third-order valence-electron chi connectivity index (χ3n) is 3.73. The van der Waals surface area contributed by atoms with E-state index < -0.39 is 0 Å². The van der Waals surface area contributed by atoms with Gasteiger partial charge in [0.25, 0.3) is 0 Å². The quantitative estimate of drug-likeness (QED) is 0.532. The second kappa shape index (κ2) is 10.7. The number of benzene rings is 1. The van der Waals surface area contributed by atoms with Gasteiger partial charge in [0.05, 0.1) is 24.3 Å². The van der Waals surface area contributed by atoms with Crippen molar-refractivity contribution in [2.75, 3.05) is 12.3 Å². The van der Waals surface area contributed by atoms with Crippen LogP contribution in [0.4, 0.5) is 0 Å². The van der Waals surface area contributed by atoms with Crippen molar-refractivity contribution in [1.29, 1.82) is 0 Å². The molecule has 3 N–H and O–H groups in total. The van der Waals surface area contributed by atoms with Crippen LogP contribution in [0.1, 0.15) is 25.1 Å². The van der Waals surface area contributed by atoms with Gasteiger partial charge in [-0.3, -0.25) is 9.59 Å². The van der Waals surface area contributed by atoms with Crippen LogP contribution in [0.25, 0.3) is 0 Å². The van der Waals surface area contributed by atoms with Crippen molar-refractivity contribution < 1.29 is 14.7 Å². The minimum atomic E-state index is -0.216. The molecule has 2 amide bonds. The van der Waals surface area contributed by atoms with Gasteiger partial charge in [0.1, 0.15) is 6.54 Å². The maximum Gasteiger partial charge on any atom is 0.240 e. The Morgan fingerprint density at radius 3 is 2.63 bits per heavy atom. The van der Waals surface area contributed by atoms with E-state index in [2.05, 4.69) is 15.6 Å². The van der Waals surface area contributed by atoms with E-state index >= 15 is 0 Å². The Hall–Kier alpha value is -2.32. The molecule has 8 heteroatoms. The van der Waals surface area contributed by atoms with Crippen LogP contribution in [-0.4, -0.2) is 44.8 Å². The summed E-state index contributed by atoms with van der Waals surface area (Å²) in [5.41, 5.74) is 1.71. The molecule has 27 heavy (non-hydrogen) atoms. The van der Waals surface area contributed by atoms with Crippen LogP contribution in [0.5, 0.6) is 0 Å². The lowest BCUT2D eigenvalue weighted by molar-refractivity contribution is -0.122. The predicted molar refractivity (Wildman–Crippen MR) is 105 cm³/mol. The molecule has 0 aliphatic rings. The zero-order valence-corrected chi connectivity index (χ0v) is 16.5. The Balaban J connectivity index is 1.84. The highest BCUT2D eigenvalue weighted by Gasteiger charge is 2.15. The molecule has 0 saturated carbocycles. The van der Waals surface area contributed by atoms with Gasteiger partial charge in [0.15, 0.2) is 5.16 Å². The molecule has 0 atom stereocenters. The van der Waals surface area contributed by atoms with Crippen LogP contribution in [0.15, 0.2) is 41.7 Å². The minimum absolute atomic E-state index is 0.0325. The first-order valence-corrected chi connectivity index (χ1v) is 9.86. The van der Waals surface area contributed by atoms with E-state index in [4.69, 9.17) is 0 Å². The van der Waals surface area contributed by atoms with E-state index in [0.717, 1.165) is 6.42 Å². The summed E-state index contributed by atoms with van der Waals surface area (Å²) in [6.45, 7) is 4.18. The number of hydrogen-bond acceptors (Lipinski definition) is 5. The number of rotatable bonds is 10. The van der Waals surface area contributed by atoms with Crippen molar-refractivity contribution in [3.63, 3.8) is 0 Å². The Morgan fingerprint density at radius 2 is 1.96 bits per heavy atom. The molecule has 0 aliphatic heterocycles. The average Bonchev–Trinajstić information content (AvgIpc) is 3.01. The summed E-state index contributed by atoms with van der Waals surface area (Å²) in [7, 11) is 0. The second-order valence-corrected chi connectivity index (χ2v) is 7.32. The highest BCUT2D eigenvalue weighted by atomic mass is 32.2. The van der Waals surface area contributed by atoms with Gasteiger partial charge in [-0.25, -0.2) is 4.98 Å². The highest BCUT2D eigenvalue weighted by Crippen LogP contribution is 2.18. The predicted octanol–water partition coefficient (Wildman–Crippen LogP) is 1.35. The summed E-state index contributed by atoms with van der Waals surface area (Å²) in [5, 5.41) is 15.7. The summed E-state index contributed by atoms with van der Waals surface area (Å²) < 4.78 is 1.64. The number of imidazole rings is 1. The first-order chi connectivity index (χ1) is 13.0. The normalized spacial score (nSPS) is 10.8. The van der Waals surface area contributed by atoms with E-state index in [1.54, 1.807) is 4.57 Å². The number of aliphatic hydroxyl groups excluding tert-OH is 1. The molecule has 0 unspecified atom stereocenters. The lowest BCUT2D eigenvalue weighted by atomic mass is 10.1. The van der Waals surface area contributed by atoms with Gasteiger partial charge in [-0.05, 0) is 25.8 Å². The molecule has 2 aromatic rings. The van der Waals surface area contributed by atoms with E-state index in [-0.39, 0.29) is 36.8 Å². The number of thioether (sulfide) groups is 1. The number of nitrogens with one attached hydrogen (secondary N) is 2. The van der Waals surface area contributed by atoms with Gasteiger partial charge in [-0.15, -0.1) is 0 Å². The Kier molecular flexibility index (Phi) is 8.35. The topological polar surface area (TPSA) is 96.2 Å². The largest absolute Gasteiger partial charge is 0.390 e. The number of aliphatic hydroxyl groups is 1. The molecule has 0 fully saturated rings. The van der Waals surface area contributed by atoms with Gasteiger partial charge in [0, 0.05) is 12.6 Å². The summed E-state index contributed by atoms with van der Waals surface area (Å²) in [5.74, 6) is -0.0582. The van der Waals surface area contributed by atoms with Gasteiger partial charge in [0.2, 0.25) is 11.8 Å². The summed E-state index contributed by atoms with van der Waals surface area (Å²) >= 11 is 1.25. The number of aromatic nitrogens is 2. The van der Waals surface area contributed by atoms with Crippen molar-refractivity contribution in [1.82, 2.24) is 20.2 Å². The smallest absolute Gasteiger partial charge is 0.240 e. The number of amides is 2. The zero-order valence-electron chi connectivity index (χ0n) is 15.6. The summed E-state index contributed by atoms with van der Waals surface area (Å²) in [6.07, 6.45) is 2.30. The molecule has 0 radical (unpaired) electrons. The molecule has 1 aromatic heterocycles. The molecule has 2 rings (SSSR count). The van der Waals surface area contributed by atoms with Gasteiger partial charge in [-0.2, -0.15) is 0 Å². The van der Waals surface area contributed by atoms with E-state index in [0.29, 0.717) is 17.4 Å². The number of carbonyl (C=O) groups excluding carboxylic acids is 2. The van der Waals surface area contributed by atoms with Crippen LogP contribution in [-0.2, 0) is 29.2 Å². The standard InChI is InChI=1S/C19H26N4O3S/c1-14(2)22-17(25)11-23-16(12-24)10-21-19(23)27-13-18(26)20-9-8-15-6-4-3-5-7-15/h3-7,10,14,24H,8-9,11-13H2,1-2H3,(H,20,26)(H,22,25). The van der Waals surface area contributed by atoms with Crippen LogP contribution < -0.4 is 10.6 Å². The number of carbonyl (C=O) groups is 2. The highest BCUT2D eigenvalue weighted by molar-refractivity contribution is 7.99. The fraction of sp³-hybridized carbons (Fsp3) is 0.421. The Morgan fingerprint density at radius 1 is 1.22 bits per heavy atom. The first-order valence-electron chi connectivity index (χ1n) is 8.87. The minimum Gasteiger partial charge on any atom is -0.390 e. The third kappa shape index (κ3) is 7.07. The van der Waals surface area contributed by atoms with E-state index in [1.165, 1.54) is 23.5 Å². The van der Waals surface area contributed by atoms with Gasteiger partial charge < -0.3 is 20.3 Å².